The van der Waals surface area contributed by atoms with Crippen LogP contribution in [0.25, 0.3) is 0 Å². The SMILES string of the molecule is CC(C)(C)c1noc(Cn2cc(CCO)cn2)n1. The Balaban J connectivity index is 2.06. The van der Waals surface area contributed by atoms with Crippen molar-refractivity contribution < 1.29 is 9.63 Å². The monoisotopic (exact) mass is 250 g/mol. The molecule has 0 atom stereocenters. The first-order chi connectivity index (χ1) is 8.49. The Kier molecular flexibility index (Phi) is 3.47. The van der Waals surface area contributed by atoms with Gasteiger partial charge in [0.1, 0.15) is 6.54 Å². The smallest absolute Gasteiger partial charge is 0.248 e. The minimum atomic E-state index is -0.117. The van der Waals surface area contributed by atoms with Crippen LogP contribution in [0, 0.1) is 0 Å². The molecule has 2 heterocycles. The van der Waals surface area contributed by atoms with Crippen molar-refractivity contribution in [1.29, 1.82) is 0 Å². The molecule has 0 aliphatic carbocycles. The van der Waals surface area contributed by atoms with E-state index in [1.165, 1.54) is 0 Å². The maximum absolute atomic E-state index is 8.83. The van der Waals surface area contributed by atoms with Gasteiger partial charge in [-0.1, -0.05) is 25.9 Å². The van der Waals surface area contributed by atoms with Crippen LogP contribution in [0.3, 0.4) is 0 Å². The summed E-state index contributed by atoms with van der Waals surface area (Å²) in [6.07, 6.45) is 4.21. The highest BCUT2D eigenvalue weighted by Gasteiger charge is 2.21. The fraction of sp³-hybridized carbons (Fsp3) is 0.583. The second-order valence-corrected chi connectivity index (χ2v) is 5.28. The van der Waals surface area contributed by atoms with Gasteiger partial charge in [-0.3, -0.25) is 4.68 Å². The van der Waals surface area contributed by atoms with Gasteiger partial charge in [0.15, 0.2) is 5.82 Å². The first-order valence-electron chi connectivity index (χ1n) is 5.94. The molecule has 0 spiro atoms. The third kappa shape index (κ3) is 2.95. The van der Waals surface area contributed by atoms with Crippen molar-refractivity contribution >= 4 is 0 Å². The summed E-state index contributed by atoms with van der Waals surface area (Å²) in [6, 6.07) is 0. The first-order valence-corrected chi connectivity index (χ1v) is 5.94. The standard InChI is InChI=1S/C12H18N4O2/c1-12(2,3)11-14-10(18-15-11)8-16-7-9(4-5-17)6-13-16/h6-7,17H,4-5,8H2,1-3H3. The zero-order chi connectivity index (χ0) is 13.2. The van der Waals surface area contributed by atoms with Crippen molar-refractivity contribution in [2.45, 2.75) is 39.2 Å². The third-order valence-electron chi connectivity index (χ3n) is 2.52. The second kappa shape index (κ2) is 4.89. The molecule has 2 aromatic heterocycles. The van der Waals surface area contributed by atoms with Crippen LogP contribution in [0.5, 0.6) is 0 Å². The molecular weight excluding hydrogens is 232 g/mol. The summed E-state index contributed by atoms with van der Waals surface area (Å²) in [4.78, 5) is 4.34. The van der Waals surface area contributed by atoms with Crippen LogP contribution in [0.4, 0.5) is 0 Å². The molecule has 18 heavy (non-hydrogen) atoms. The lowest BCUT2D eigenvalue weighted by molar-refractivity contribution is 0.299. The van der Waals surface area contributed by atoms with Crippen LogP contribution in [0.1, 0.15) is 38.0 Å². The minimum absolute atomic E-state index is 0.117. The second-order valence-electron chi connectivity index (χ2n) is 5.28. The van der Waals surface area contributed by atoms with Gasteiger partial charge in [-0.2, -0.15) is 10.1 Å². The van der Waals surface area contributed by atoms with Gasteiger partial charge in [-0.25, -0.2) is 0 Å². The van der Waals surface area contributed by atoms with Gasteiger partial charge >= 0.3 is 0 Å². The molecule has 1 N–H and O–H groups in total. The number of aliphatic hydroxyl groups excluding tert-OH is 1. The number of rotatable bonds is 4. The lowest BCUT2D eigenvalue weighted by Gasteiger charge is -2.10. The van der Waals surface area contributed by atoms with E-state index in [-0.39, 0.29) is 12.0 Å². The topological polar surface area (TPSA) is 77.0 Å². The summed E-state index contributed by atoms with van der Waals surface area (Å²) in [7, 11) is 0. The summed E-state index contributed by atoms with van der Waals surface area (Å²) in [5, 5.41) is 17.0. The zero-order valence-corrected chi connectivity index (χ0v) is 10.9. The normalized spacial score (nSPS) is 12.0. The molecule has 0 fully saturated rings. The van der Waals surface area contributed by atoms with E-state index in [0.29, 0.717) is 24.7 Å². The Morgan fingerprint density at radius 1 is 1.39 bits per heavy atom. The average molecular weight is 250 g/mol. The van der Waals surface area contributed by atoms with Gasteiger partial charge in [0.05, 0.1) is 6.20 Å². The Morgan fingerprint density at radius 3 is 2.78 bits per heavy atom. The maximum atomic E-state index is 8.83. The predicted octanol–water partition coefficient (Wildman–Crippen LogP) is 1.15. The van der Waals surface area contributed by atoms with Gasteiger partial charge in [-0.05, 0) is 12.0 Å². The third-order valence-corrected chi connectivity index (χ3v) is 2.52. The van der Waals surface area contributed by atoms with Gasteiger partial charge in [-0.15, -0.1) is 0 Å². The quantitative estimate of drug-likeness (QED) is 0.880. The molecule has 0 aliphatic rings. The molecule has 6 heteroatoms. The molecule has 0 aromatic carbocycles. The van der Waals surface area contributed by atoms with E-state index >= 15 is 0 Å². The highest BCUT2D eigenvalue weighted by Crippen LogP contribution is 2.18. The maximum Gasteiger partial charge on any atom is 0.248 e. The molecule has 0 unspecified atom stereocenters. The molecule has 0 saturated heterocycles. The number of aromatic nitrogens is 4. The van der Waals surface area contributed by atoms with E-state index in [2.05, 4.69) is 15.2 Å². The average Bonchev–Trinajstić information content (AvgIpc) is 2.88. The fourth-order valence-electron chi connectivity index (χ4n) is 1.51. The van der Waals surface area contributed by atoms with Crippen LogP contribution in [0.15, 0.2) is 16.9 Å². The van der Waals surface area contributed by atoms with E-state index < -0.39 is 0 Å². The van der Waals surface area contributed by atoms with Crippen molar-refractivity contribution in [1.82, 2.24) is 19.9 Å². The summed E-state index contributed by atoms with van der Waals surface area (Å²) in [5.74, 6) is 1.24. The van der Waals surface area contributed by atoms with Crippen LogP contribution >= 0.6 is 0 Å². The van der Waals surface area contributed by atoms with E-state index in [1.807, 2.05) is 27.0 Å². The summed E-state index contributed by atoms with van der Waals surface area (Å²) in [5.41, 5.74) is 0.876. The Labute approximate surface area is 106 Å². The van der Waals surface area contributed by atoms with Crippen LogP contribution < -0.4 is 0 Å². The van der Waals surface area contributed by atoms with Crippen LogP contribution in [-0.2, 0) is 18.4 Å². The van der Waals surface area contributed by atoms with Crippen molar-refractivity contribution in [3.05, 3.63) is 29.7 Å². The summed E-state index contributed by atoms with van der Waals surface area (Å²) < 4.78 is 6.92. The largest absolute Gasteiger partial charge is 0.396 e. The van der Waals surface area contributed by atoms with E-state index in [0.717, 1.165) is 5.56 Å². The van der Waals surface area contributed by atoms with Gasteiger partial charge < -0.3 is 9.63 Å². The molecule has 0 bridgehead atoms. The Bertz CT molecular complexity index is 510. The Morgan fingerprint density at radius 2 is 2.17 bits per heavy atom. The number of aliphatic hydroxyl groups is 1. The van der Waals surface area contributed by atoms with E-state index in [4.69, 9.17) is 9.63 Å². The molecule has 98 valence electrons. The van der Waals surface area contributed by atoms with Crippen LogP contribution in [-0.4, -0.2) is 31.6 Å². The fourth-order valence-corrected chi connectivity index (χ4v) is 1.51. The summed E-state index contributed by atoms with van der Waals surface area (Å²) >= 11 is 0. The highest BCUT2D eigenvalue weighted by molar-refractivity contribution is 5.05. The molecule has 0 aliphatic heterocycles. The molecule has 0 radical (unpaired) electrons. The van der Waals surface area contributed by atoms with Crippen molar-refractivity contribution in [3.63, 3.8) is 0 Å². The number of hydrogen-bond donors (Lipinski definition) is 1. The van der Waals surface area contributed by atoms with Gasteiger partial charge in [0.2, 0.25) is 5.89 Å². The van der Waals surface area contributed by atoms with Gasteiger partial charge in [0, 0.05) is 18.2 Å². The molecule has 2 rings (SSSR count). The zero-order valence-electron chi connectivity index (χ0n) is 10.9. The van der Waals surface area contributed by atoms with E-state index in [9.17, 15) is 0 Å². The van der Waals surface area contributed by atoms with Gasteiger partial charge in [0.25, 0.3) is 0 Å². The Hall–Kier alpha value is -1.69. The van der Waals surface area contributed by atoms with Crippen molar-refractivity contribution in [2.75, 3.05) is 6.61 Å². The summed E-state index contributed by atoms with van der Waals surface area (Å²) in [6.45, 7) is 6.69. The van der Waals surface area contributed by atoms with E-state index in [1.54, 1.807) is 10.9 Å². The highest BCUT2D eigenvalue weighted by atomic mass is 16.5. The molecule has 6 nitrogen and oxygen atoms in total. The van der Waals surface area contributed by atoms with Crippen molar-refractivity contribution in [3.8, 4) is 0 Å². The van der Waals surface area contributed by atoms with Crippen LogP contribution in [0.2, 0.25) is 0 Å². The predicted molar refractivity (Wildman–Crippen MR) is 65.1 cm³/mol. The lowest BCUT2D eigenvalue weighted by Crippen LogP contribution is -2.13. The minimum Gasteiger partial charge on any atom is -0.396 e. The van der Waals surface area contributed by atoms with Crippen molar-refractivity contribution in [2.24, 2.45) is 0 Å². The molecule has 0 amide bonds. The molecule has 0 saturated carbocycles. The number of hydrogen-bond acceptors (Lipinski definition) is 5. The molecular formula is C12H18N4O2. The lowest BCUT2D eigenvalue weighted by atomic mass is 9.96. The number of nitrogens with zero attached hydrogens (tertiary/aromatic N) is 4. The molecule has 2 aromatic rings. The first kappa shape index (κ1) is 12.8.